The summed E-state index contributed by atoms with van der Waals surface area (Å²) in [5, 5.41) is 0. The van der Waals surface area contributed by atoms with E-state index in [1.165, 1.54) is 0 Å². The van der Waals surface area contributed by atoms with Crippen LogP contribution in [0, 0.1) is 19.3 Å². The number of Topliss-reactive ketones (excluding diaryl/α,β-unsaturated/α-hetero) is 1. The number of aliphatic imine (C=N–C) groups is 1. The summed E-state index contributed by atoms with van der Waals surface area (Å²) >= 11 is 3.59. The highest BCUT2D eigenvalue weighted by Gasteiger charge is 2.34. The SMILES string of the molecule is CN=CC1(C)CCN(c2c(Br)c(C)nc(C)c2C(=O)C(=O)OC(C)C)CC1. The minimum absolute atomic E-state index is 0.0512. The van der Waals surface area contributed by atoms with Crippen molar-refractivity contribution in [1.29, 1.82) is 0 Å². The van der Waals surface area contributed by atoms with Crippen molar-refractivity contribution >= 4 is 39.6 Å². The Kier molecular flexibility index (Phi) is 6.78. The molecule has 0 atom stereocenters. The van der Waals surface area contributed by atoms with Crippen LogP contribution in [0.5, 0.6) is 0 Å². The van der Waals surface area contributed by atoms with Crippen LogP contribution < -0.4 is 4.90 Å². The number of carbonyl (C=O) groups is 2. The van der Waals surface area contributed by atoms with Crippen LogP contribution in [0.4, 0.5) is 5.69 Å². The predicted molar refractivity (Wildman–Crippen MR) is 111 cm³/mol. The van der Waals surface area contributed by atoms with Gasteiger partial charge in [-0.2, -0.15) is 0 Å². The lowest BCUT2D eigenvalue weighted by molar-refractivity contribution is -0.141. The van der Waals surface area contributed by atoms with Crippen molar-refractivity contribution in [2.75, 3.05) is 25.0 Å². The van der Waals surface area contributed by atoms with Crippen LogP contribution in [-0.4, -0.2) is 49.2 Å². The molecule has 1 fully saturated rings. The second-order valence-electron chi connectivity index (χ2n) is 7.63. The van der Waals surface area contributed by atoms with E-state index in [1.807, 2.05) is 13.1 Å². The van der Waals surface area contributed by atoms with Crippen molar-refractivity contribution in [2.45, 2.75) is 53.6 Å². The molecule has 1 aromatic heterocycles. The molecule has 6 nitrogen and oxygen atoms in total. The Morgan fingerprint density at radius 2 is 1.85 bits per heavy atom. The molecule has 2 rings (SSSR count). The molecule has 27 heavy (non-hydrogen) atoms. The summed E-state index contributed by atoms with van der Waals surface area (Å²) in [4.78, 5) is 35.9. The first-order chi connectivity index (χ1) is 12.6. The zero-order chi connectivity index (χ0) is 20.4. The van der Waals surface area contributed by atoms with E-state index in [0.29, 0.717) is 11.3 Å². The van der Waals surface area contributed by atoms with Gasteiger partial charge in [0, 0.05) is 31.8 Å². The average Bonchev–Trinajstić information content (AvgIpc) is 2.58. The summed E-state index contributed by atoms with van der Waals surface area (Å²) in [6.45, 7) is 10.8. The summed E-state index contributed by atoms with van der Waals surface area (Å²) in [5.74, 6) is -1.49. The quantitative estimate of drug-likeness (QED) is 0.302. The number of carbonyl (C=O) groups excluding carboxylic acids is 2. The third-order valence-electron chi connectivity index (χ3n) is 4.88. The third-order valence-corrected chi connectivity index (χ3v) is 5.83. The largest absolute Gasteiger partial charge is 0.457 e. The average molecular weight is 438 g/mol. The molecule has 0 radical (unpaired) electrons. The number of aromatic nitrogens is 1. The molecule has 1 saturated heterocycles. The van der Waals surface area contributed by atoms with E-state index < -0.39 is 11.8 Å². The van der Waals surface area contributed by atoms with Crippen LogP contribution in [-0.2, 0) is 9.53 Å². The summed E-state index contributed by atoms with van der Waals surface area (Å²) in [7, 11) is 1.79. The molecule has 2 heterocycles. The van der Waals surface area contributed by atoms with Gasteiger partial charge in [0.15, 0.2) is 0 Å². The van der Waals surface area contributed by atoms with E-state index in [1.54, 1.807) is 27.8 Å². The number of pyridine rings is 1. The van der Waals surface area contributed by atoms with Crippen LogP contribution in [0.25, 0.3) is 0 Å². The Labute approximate surface area is 169 Å². The molecule has 0 aliphatic carbocycles. The fourth-order valence-electron chi connectivity index (χ4n) is 3.43. The van der Waals surface area contributed by atoms with E-state index in [-0.39, 0.29) is 11.5 Å². The highest BCUT2D eigenvalue weighted by molar-refractivity contribution is 9.10. The van der Waals surface area contributed by atoms with E-state index in [0.717, 1.165) is 41.8 Å². The van der Waals surface area contributed by atoms with Gasteiger partial charge < -0.3 is 14.6 Å². The summed E-state index contributed by atoms with van der Waals surface area (Å²) in [5.41, 5.74) is 2.45. The van der Waals surface area contributed by atoms with Crippen molar-refractivity contribution in [3.8, 4) is 0 Å². The molecule has 0 N–H and O–H groups in total. The van der Waals surface area contributed by atoms with Crippen molar-refractivity contribution in [3.05, 3.63) is 21.4 Å². The number of ketones is 1. The maximum atomic E-state index is 12.9. The molecule has 0 unspecified atom stereocenters. The van der Waals surface area contributed by atoms with Crippen LogP contribution in [0.15, 0.2) is 9.47 Å². The zero-order valence-corrected chi connectivity index (χ0v) is 18.5. The number of esters is 1. The van der Waals surface area contributed by atoms with E-state index >= 15 is 0 Å². The minimum atomic E-state index is -0.841. The Balaban J connectivity index is 2.44. The molecule has 7 heteroatoms. The van der Waals surface area contributed by atoms with Crippen LogP contribution >= 0.6 is 15.9 Å². The third kappa shape index (κ3) is 4.75. The maximum absolute atomic E-state index is 12.9. The summed E-state index contributed by atoms with van der Waals surface area (Å²) in [6.07, 6.45) is 3.49. The summed E-state index contributed by atoms with van der Waals surface area (Å²) in [6, 6.07) is 0. The molecule has 0 spiro atoms. The molecular formula is C20H28BrN3O3. The zero-order valence-electron chi connectivity index (χ0n) is 16.9. The second kappa shape index (κ2) is 8.50. The summed E-state index contributed by atoms with van der Waals surface area (Å²) < 4.78 is 5.88. The number of hydrogen-bond donors (Lipinski definition) is 0. The monoisotopic (exact) mass is 437 g/mol. The van der Waals surface area contributed by atoms with Crippen molar-refractivity contribution in [1.82, 2.24) is 4.98 Å². The Morgan fingerprint density at radius 3 is 2.37 bits per heavy atom. The first-order valence-electron chi connectivity index (χ1n) is 9.20. The number of nitrogens with zero attached hydrogens (tertiary/aromatic N) is 3. The second-order valence-corrected chi connectivity index (χ2v) is 8.42. The van der Waals surface area contributed by atoms with Gasteiger partial charge in [-0.25, -0.2) is 4.79 Å². The number of ether oxygens (including phenoxy) is 1. The molecule has 0 amide bonds. The van der Waals surface area contributed by atoms with Crippen LogP contribution in [0.2, 0.25) is 0 Å². The molecule has 1 aliphatic heterocycles. The molecule has 1 aromatic rings. The lowest BCUT2D eigenvalue weighted by Crippen LogP contribution is -2.41. The van der Waals surface area contributed by atoms with Gasteiger partial charge in [-0.3, -0.25) is 9.78 Å². The molecular weight excluding hydrogens is 410 g/mol. The van der Waals surface area contributed by atoms with Crippen molar-refractivity contribution in [2.24, 2.45) is 10.4 Å². The standard InChI is InChI=1S/C20H28BrN3O3/c1-12(2)27-19(26)18(25)15-13(3)23-14(4)16(21)17(15)24-9-7-20(5,8-10-24)11-22-6/h11-12H,7-10H2,1-6H3. The first-order valence-corrected chi connectivity index (χ1v) is 9.99. The topological polar surface area (TPSA) is 71.9 Å². The molecule has 0 aromatic carbocycles. The number of rotatable bonds is 5. The van der Waals surface area contributed by atoms with Gasteiger partial charge in [-0.05, 0) is 56.5 Å². The number of halogens is 1. The van der Waals surface area contributed by atoms with Gasteiger partial charge >= 0.3 is 5.97 Å². The molecule has 0 saturated carbocycles. The van der Waals surface area contributed by atoms with E-state index in [9.17, 15) is 9.59 Å². The maximum Gasteiger partial charge on any atom is 0.380 e. The number of piperidine rings is 1. The van der Waals surface area contributed by atoms with E-state index in [4.69, 9.17) is 4.74 Å². The smallest absolute Gasteiger partial charge is 0.380 e. The fraction of sp³-hybridized carbons (Fsp3) is 0.600. The Bertz CT molecular complexity index is 766. The Hall–Kier alpha value is -1.76. The molecule has 148 valence electrons. The number of hydrogen-bond acceptors (Lipinski definition) is 6. The normalized spacial score (nSPS) is 16.8. The van der Waals surface area contributed by atoms with Crippen molar-refractivity contribution in [3.63, 3.8) is 0 Å². The lowest BCUT2D eigenvalue weighted by atomic mass is 9.81. The first kappa shape index (κ1) is 21.5. The molecule has 1 aliphatic rings. The van der Waals surface area contributed by atoms with Gasteiger partial charge in [0.05, 0.1) is 33.2 Å². The van der Waals surface area contributed by atoms with Crippen molar-refractivity contribution < 1.29 is 14.3 Å². The molecule has 0 bridgehead atoms. The minimum Gasteiger partial charge on any atom is -0.457 e. The van der Waals surface area contributed by atoms with Gasteiger partial charge in [0.25, 0.3) is 5.78 Å². The van der Waals surface area contributed by atoms with Crippen LogP contribution in [0.3, 0.4) is 0 Å². The fourth-order valence-corrected chi connectivity index (χ4v) is 3.97. The lowest BCUT2D eigenvalue weighted by Gasteiger charge is -2.39. The van der Waals surface area contributed by atoms with Crippen LogP contribution in [0.1, 0.15) is 55.4 Å². The van der Waals surface area contributed by atoms with Gasteiger partial charge in [0.2, 0.25) is 0 Å². The van der Waals surface area contributed by atoms with E-state index in [2.05, 4.69) is 37.7 Å². The van der Waals surface area contributed by atoms with Gasteiger partial charge in [0.1, 0.15) is 0 Å². The predicted octanol–water partition coefficient (Wildman–Crippen LogP) is 3.90. The van der Waals surface area contributed by atoms with Gasteiger partial charge in [-0.1, -0.05) is 6.92 Å². The van der Waals surface area contributed by atoms with Gasteiger partial charge in [-0.15, -0.1) is 0 Å². The highest BCUT2D eigenvalue weighted by atomic mass is 79.9. The number of anilines is 1. The highest BCUT2D eigenvalue weighted by Crippen LogP contribution is 2.39. The number of aryl methyl sites for hydroxylation is 2. The Morgan fingerprint density at radius 1 is 1.26 bits per heavy atom.